The number of alkyl halides is 3. The number of anilines is 1. The van der Waals surface area contributed by atoms with Crippen LogP contribution >= 0.6 is 0 Å². The molecule has 0 spiro atoms. The molecule has 0 radical (unpaired) electrons. The molecule has 0 N–H and O–H groups in total. The SMILES string of the molecule is C[C@@]12CN(C(=O)OCc3ccccc3)CCN1C(=O)N(c1ccc(C#N)c(C(F)(F)F)c1)C2. The molecule has 3 amide bonds. The molecule has 2 aliphatic heterocycles. The summed E-state index contributed by atoms with van der Waals surface area (Å²) in [6.45, 7) is 2.67. The second-order valence-corrected chi connectivity index (χ2v) is 8.32. The van der Waals surface area contributed by atoms with E-state index in [1.165, 1.54) is 21.9 Å². The summed E-state index contributed by atoms with van der Waals surface area (Å²) in [5.74, 6) is 0. The fourth-order valence-corrected chi connectivity index (χ4v) is 4.28. The summed E-state index contributed by atoms with van der Waals surface area (Å²) in [6, 6.07) is 13.6. The Labute approximate surface area is 188 Å². The number of nitrogens with zero attached hydrogens (tertiary/aromatic N) is 4. The summed E-state index contributed by atoms with van der Waals surface area (Å²) in [7, 11) is 0. The first-order chi connectivity index (χ1) is 15.6. The van der Waals surface area contributed by atoms with Crippen molar-refractivity contribution >= 4 is 17.8 Å². The lowest BCUT2D eigenvalue weighted by atomic mass is 9.98. The van der Waals surface area contributed by atoms with Crippen molar-refractivity contribution in [3.8, 4) is 6.07 Å². The van der Waals surface area contributed by atoms with Crippen molar-refractivity contribution in [2.24, 2.45) is 0 Å². The predicted octanol–water partition coefficient (Wildman–Crippen LogP) is 4.23. The van der Waals surface area contributed by atoms with E-state index in [0.29, 0.717) is 0 Å². The van der Waals surface area contributed by atoms with Gasteiger partial charge in [-0.05, 0) is 30.7 Å². The highest BCUT2D eigenvalue weighted by molar-refractivity contribution is 5.96. The molecule has 2 aromatic carbocycles. The molecular formula is C23H21F3N4O3. The van der Waals surface area contributed by atoms with Crippen LogP contribution in [0.2, 0.25) is 0 Å². The van der Waals surface area contributed by atoms with E-state index in [0.717, 1.165) is 17.7 Å². The van der Waals surface area contributed by atoms with Gasteiger partial charge in [-0.3, -0.25) is 4.90 Å². The van der Waals surface area contributed by atoms with Crippen LogP contribution in [0.25, 0.3) is 0 Å². The smallest absolute Gasteiger partial charge is 0.417 e. The van der Waals surface area contributed by atoms with E-state index in [1.54, 1.807) is 11.8 Å². The molecule has 0 saturated carbocycles. The Morgan fingerprint density at radius 1 is 1.15 bits per heavy atom. The highest BCUT2D eigenvalue weighted by Gasteiger charge is 2.51. The fourth-order valence-electron chi connectivity index (χ4n) is 4.28. The van der Waals surface area contributed by atoms with Gasteiger partial charge in [0.2, 0.25) is 0 Å². The van der Waals surface area contributed by atoms with E-state index in [9.17, 15) is 22.8 Å². The van der Waals surface area contributed by atoms with Gasteiger partial charge in [0.15, 0.2) is 0 Å². The van der Waals surface area contributed by atoms with Crippen LogP contribution in [0.4, 0.5) is 28.4 Å². The minimum absolute atomic E-state index is 0.0557. The topological polar surface area (TPSA) is 76.9 Å². The third-order valence-corrected chi connectivity index (χ3v) is 5.94. The fraction of sp³-hybridized carbons (Fsp3) is 0.348. The van der Waals surface area contributed by atoms with Crippen molar-refractivity contribution in [3.05, 3.63) is 65.2 Å². The van der Waals surface area contributed by atoms with Crippen LogP contribution in [0, 0.1) is 11.3 Å². The van der Waals surface area contributed by atoms with Crippen molar-refractivity contribution < 1.29 is 27.5 Å². The summed E-state index contributed by atoms with van der Waals surface area (Å²) < 4.78 is 45.5. The van der Waals surface area contributed by atoms with E-state index in [-0.39, 0.29) is 38.5 Å². The minimum Gasteiger partial charge on any atom is -0.445 e. The number of benzene rings is 2. The van der Waals surface area contributed by atoms with Crippen molar-refractivity contribution in [2.75, 3.05) is 31.1 Å². The lowest BCUT2D eigenvalue weighted by molar-refractivity contribution is -0.137. The number of halogens is 3. The van der Waals surface area contributed by atoms with Gasteiger partial charge < -0.3 is 14.5 Å². The molecule has 2 aliphatic rings. The molecule has 2 heterocycles. The molecule has 0 aromatic heterocycles. The van der Waals surface area contributed by atoms with Crippen LogP contribution in [-0.2, 0) is 17.5 Å². The number of piperazine rings is 1. The minimum atomic E-state index is -4.72. The molecule has 4 rings (SSSR count). The molecule has 0 unspecified atom stereocenters. The number of hydrogen-bond donors (Lipinski definition) is 0. The summed E-state index contributed by atoms with van der Waals surface area (Å²) in [5, 5.41) is 9.01. The van der Waals surface area contributed by atoms with Crippen LogP contribution in [0.15, 0.2) is 48.5 Å². The lowest BCUT2D eigenvalue weighted by Gasteiger charge is -2.42. The van der Waals surface area contributed by atoms with Gasteiger partial charge in [0.1, 0.15) is 6.61 Å². The molecule has 7 nitrogen and oxygen atoms in total. The number of urea groups is 1. The van der Waals surface area contributed by atoms with E-state index in [4.69, 9.17) is 10.00 Å². The van der Waals surface area contributed by atoms with E-state index in [2.05, 4.69) is 0 Å². The molecule has 172 valence electrons. The summed E-state index contributed by atoms with van der Waals surface area (Å²) >= 11 is 0. The van der Waals surface area contributed by atoms with Gasteiger partial charge in [0, 0.05) is 25.3 Å². The Kier molecular flexibility index (Phi) is 5.66. The Morgan fingerprint density at radius 3 is 2.55 bits per heavy atom. The second kappa shape index (κ2) is 8.31. The van der Waals surface area contributed by atoms with Gasteiger partial charge in [0.25, 0.3) is 0 Å². The maximum Gasteiger partial charge on any atom is 0.417 e. The number of rotatable bonds is 3. The molecule has 2 fully saturated rings. The number of fused-ring (bicyclic) bond motifs is 1. The van der Waals surface area contributed by atoms with Crippen molar-refractivity contribution in [3.63, 3.8) is 0 Å². The third-order valence-electron chi connectivity index (χ3n) is 5.94. The molecule has 10 heteroatoms. The summed E-state index contributed by atoms with van der Waals surface area (Å²) in [6.07, 6.45) is -5.23. The first kappa shape index (κ1) is 22.5. The lowest BCUT2D eigenvalue weighted by Crippen LogP contribution is -2.60. The zero-order valence-electron chi connectivity index (χ0n) is 17.8. The Hall–Kier alpha value is -3.74. The molecule has 1 atom stereocenters. The van der Waals surface area contributed by atoms with Crippen molar-refractivity contribution in [2.45, 2.75) is 25.2 Å². The Bertz CT molecular complexity index is 1120. The monoisotopic (exact) mass is 458 g/mol. The first-order valence-electron chi connectivity index (χ1n) is 10.3. The zero-order valence-corrected chi connectivity index (χ0v) is 17.8. The second-order valence-electron chi connectivity index (χ2n) is 8.32. The maximum absolute atomic E-state index is 13.4. The average molecular weight is 458 g/mol. The molecule has 33 heavy (non-hydrogen) atoms. The van der Waals surface area contributed by atoms with Gasteiger partial charge in [-0.15, -0.1) is 0 Å². The number of ether oxygens (including phenoxy) is 1. The Morgan fingerprint density at radius 2 is 1.88 bits per heavy atom. The van der Waals surface area contributed by atoms with Gasteiger partial charge >= 0.3 is 18.3 Å². The Balaban J connectivity index is 1.50. The van der Waals surface area contributed by atoms with Gasteiger partial charge in [-0.25, -0.2) is 9.59 Å². The molecular weight excluding hydrogens is 437 g/mol. The molecule has 0 bridgehead atoms. The number of amides is 3. The first-order valence-corrected chi connectivity index (χ1v) is 10.3. The van der Waals surface area contributed by atoms with Gasteiger partial charge in [0.05, 0.1) is 29.3 Å². The normalized spacial score (nSPS) is 20.5. The predicted molar refractivity (Wildman–Crippen MR) is 112 cm³/mol. The van der Waals surface area contributed by atoms with Crippen LogP contribution in [0.3, 0.4) is 0 Å². The summed E-state index contributed by atoms with van der Waals surface area (Å²) in [5.41, 5.74) is -1.49. The number of hydrogen-bond acceptors (Lipinski definition) is 4. The highest BCUT2D eigenvalue weighted by Crippen LogP contribution is 2.38. The standard InChI is InChI=1S/C23H21F3N4O3/c1-22-14-28(21(32)33-13-16-5-3-2-4-6-16)9-10-30(22)20(31)29(15-22)18-8-7-17(12-27)19(11-18)23(24,25)26/h2-8,11H,9-10,13-15H2,1H3/t22-/m0/s1. The number of carbonyl (C=O) groups is 2. The molecule has 2 aromatic rings. The van der Waals surface area contributed by atoms with Gasteiger partial charge in [-0.1, -0.05) is 30.3 Å². The van der Waals surface area contributed by atoms with Crippen molar-refractivity contribution in [1.29, 1.82) is 5.26 Å². The maximum atomic E-state index is 13.4. The third kappa shape index (κ3) is 4.31. The van der Waals surface area contributed by atoms with E-state index in [1.807, 2.05) is 30.3 Å². The van der Waals surface area contributed by atoms with E-state index < -0.39 is 35.0 Å². The average Bonchev–Trinajstić information content (AvgIpc) is 3.07. The van der Waals surface area contributed by atoms with Crippen LogP contribution < -0.4 is 4.90 Å². The quantitative estimate of drug-likeness (QED) is 0.690. The number of carbonyl (C=O) groups excluding carboxylic acids is 2. The van der Waals surface area contributed by atoms with Crippen LogP contribution in [0.5, 0.6) is 0 Å². The zero-order chi connectivity index (χ0) is 23.8. The van der Waals surface area contributed by atoms with Crippen molar-refractivity contribution in [1.82, 2.24) is 9.80 Å². The number of nitriles is 1. The largest absolute Gasteiger partial charge is 0.445 e. The molecule has 2 saturated heterocycles. The highest BCUT2D eigenvalue weighted by atomic mass is 19.4. The van der Waals surface area contributed by atoms with Crippen LogP contribution in [-0.4, -0.2) is 53.6 Å². The van der Waals surface area contributed by atoms with E-state index >= 15 is 0 Å². The van der Waals surface area contributed by atoms with Gasteiger partial charge in [-0.2, -0.15) is 18.4 Å². The van der Waals surface area contributed by atoms with Crippen LogP contribution in [0.1, 0.15) is 23.6 Å². The molecule has 0 aliphatic carbocycles. The summed E-state index contributed by atoms with van der Waals surface area (Å²) in [4.78, 5) is 29.9.